The number of carbonyl (C=O) groups is 1. The minimum absolute atomic E-state index is 0.327. The van der Waals surface area contributed by atoms with Gasteiger partial charge in [-0.05, 0) is 35.6 Å². The number of aromatic nitrogens is 2. The smallest absolute Gasteiger partial charge is 0.340 e. The summed E-state index contributed by atoms with van der Waals surface area (Å²) >= 11 is 0. The molecule has 6 nitrogen and oxygen atoms in total. The first-order chi connectivity index (χ1) is 19.5. The molecule has 1 atom stereocenters. The van der Waals surface area contributed by atoms with Crippen LogP contribution in [-0.4, -0.2) is 33.5 Å². The molecule has 202 valence electrons. The molecule has 0 aliphatic heterocycles. The van der Waals surface area contributed by atoms with Crippen molar-refractivity contribution in [3.8, 4) is 11.3 Å². The fourth-order valence-electron chi connectivity index (χ4n) is 5.51. The summed E-state index contributed by atoms with van der Waals surface area (Å²) in [5, 5.41) is 0.746. The Morgan fingerprint density at radius 2 is 1.55 bits per heavy atom. The van der Waals surface area contributed by atoms with Gasteiger partial charge < -0.3 is 14.6 Å². The zero-order valence-electron chi connectivity index (χ0n) is 22.6. The van der Waals surface area contributed by atoms with Crippen molar-refractivity contribution >= 4 is 33.5 Å². The van der Waals surface area contributed by atoms with Gasteiger partial charge in [-0.15, -0.1) is 0 Å². The number of rotatable bonds is 9. The Hall–Kier alpha value is -4.23. The number of H-pyrrole nitrogens is 1. The maximum absolute atomic E-state index is 12.8. The molecule has 3 aromatic carbocycles. The molecule has 6 rings (SSSR count). The zero-order chi connectivity index (χ0) is 27.7. The fraction of sp³-hybridized carbons (Fsp3) is 0.212. The van der Waals surface area contributed by atoms with Crippen molar-refractivity contribution < 1.29 is 13.7 Å². The third kappa shape index (κ3) is 4.82. The van der Waals surface area contributed by atoms with Crippen LogP contribution in [0.1, 0.15) is 39.9 Å². The van der Waals surface area contributed by atoms with Crippen LogP contribution in [0.15, 0.2) is 97.2 Å². The number of hydrogen-bond acceptors (Lipinski definition) is 5. The van der Waals surface area contributed by atoms with Crippen LogP contribution < -0.4 is 4.90 Å². The molecule has 0 spiro atoms. The van der Waals surface area contributed by atoms with E-state index in [1.807, 2.05) is 54.6 Å². The number of ether oxygens (including phenoxy) is 1. The summed E-state index contributed by atoms with van der Waals surface area (Å²) in [5.41, 5.74) is 6.41. The standard InChI is InChI=1S/C33H31N3O3S/c1-39-32(37)27-20-34-31(36(21-23-11-5-3-6-12-23)22-24-13-7-4-8-14-24)30-26(27)19-29(35-30)25-15-9-10-16-28(25)33(17-18-33)40(2)38/h3-16,19-20,35H,17-18,21-22H2,1-2H3. The van der Waals surface area contributed by atoms with Gasteiger partial charge in [0.1, 0.15) is 0 Å². The molecule has 1 fully saturated rings. The Bertz CT molecular complexity index is 1650. The molecule has 0 amide bonds. The first kappa shape index (κ1) is 26.0. The van der Waals surface area contributed by atoms with Gasteiger partial charge >= 0.3 is 5.97 Å². The second-order valence-electron chi connectivity index (χ2n) is 10.3. The molecule has 1 aliphatic rings. The van der Waals surface area contributed by atoms with Crippen molar-refractivity contribution in [3.05, 3.63) is 119 Å². The van der Waals surface area contributed by atoms with E-state index >= 15 is 0 Å². The Morgan fingerprint density at radius 3 is 2.12 bits per heavy atom. The molecule has 1 aliphatic carbocycles. The summed E-state index contributed by atoms with van der Waals surface area (Å²) < 4.78 is 17.6. The maximum Gasteiger partial charge on any atom is 0.340 e. The number of pyridine rings is 1. The van der Waals surface area contributed by atoms with Gasteiger partial charge in [0.15, 0.2) is 5.82 Å². The topological polar surface area (TPSA) is 75.3 Å². The van der Waals surface area contributed by atoms with E-state index in [0.29, 0.717) is 18.7 Å². The van der Waals surface area contributed by atoms with Gasteiger partial charge in [-0.25, -0.2) is 9.78 Å². The number of anilines is 1. The summed E-state index contributed by atoms with van der Waals surface area (Å²) in [6, 6.07) is 30.7. The predicted molar refractivity (Wildman–Crippen MR) is 161 cm³/mol. The lowest BCUT2D eigenvalue weighted by atomic mass is 10.00. The fourth-order valence-corrected chi connectivity index (χ4v) is 6.68. The zero-order valence-corrected chi connectivity index (χ0v) is 23.4. The Balaban J connectivity index is 1.53. The minimum Gasteiger partial charge on any atom is -0.465 e. The van der Waals surface area contributed by atoms with Crippen molar-refractivity contribution in [3.63, 3.8) is 0 Å². The van der Waals surface area contributed by atoms with E-state index in [2.05, 4.69) is 46.3 Å². The molecule has 0 radical (unpaired) electrons. The van der Waals surface area contributed by atoms with E-state index in [1.165, 1.54) is 7.11 Å². The van der Waals surface area contributed by atoms with Crippen molar-refractivity contribution in [1.29, 1.82) is 0 Å². The normalized spacial score (nSPS) is 14.6. The van der Waals surface area contributed by atoms with E-state index in [4.69, 9.17) is 9.72 Å². The third-order valence-electron chi connectivity index (χ3n) is 7.75. The summed E-state index contributed by atoms with van der Waals surface area (Å²) in [4.78, 5) is 23.5. The molecule has 0 bridgehead atoms. The van der Waals surface area contributed by atoms with Gasteiger partial charge in [0.2, 0.25) is 0 Å². The van der Waals surface area contributed by atoms with Crippen LogP contribution in [0.4, 0.5) is 5.82 Å². The molecule has 1 unspecified atom stereocenters. The molecule has 40 heavy (non-hydrogen) atoms. The van der Waals surface area contributed by atoms with Crippen molar-refractivity contribution in [1.82, 2.24) is 9.97 Å². The number of aromatic amines is 1. The Morgan fingerprint density at radius 1 is 0.950 bits per heavy atom. The predicted octanol–water partition coefficient (Wildman–Crippen LogP) is 6.59. The van der Waals surface area contributed by atoms with Gasteiger partial charge in [-0.3, -0.25) is 4.21 Å². The highest BCUT2D eigenvalue weighted by atomic mass is 32.2. The van der Waals surface area contributed by atoms with Crippen LogP contribution in [0, 0.1) is 0 Å². The van der Waals surface area contributed by atoms with E-state index in [-0.39, 0.29) is 4.75 Å². The van der Waals surface area contributed by atoms with Gasteiger partial charge in [-0.1, -0.05) is 84.9 Å². The Kier molecular flexibility index (Phi) is 6.98. The van der Waals surface area contributed by atoms with Gasteiger partial charge in [0.05, 0.1) is 22.9 Å². The Labute approximate surface area is 236 Å². The van der Waals surface area contributed by atoms with E-state index in [9.17, 15) is 9.00 Å². The lowest BCUT2D eigenvalue weighted by Crippen LogP contribution is -2.24. The lowest BCUT2D eigenvalue weighted by molar-refractivity contribution is 0.0602. The highest BCUT2D eigenvalue weighted by Gasteiger charge is 2.49. The number of nitrogens with one attached hydrogen (secondary N) is 1. The van der Waals surface area contributed by atoms with E-state index in [0.717, 1.165) is 57.5 Å². The van der Waals surface area contributed by atoms with Crippen molar-refractivity contribution in [2.24, 2.45) is 0 Å². The first-order valence-corrected chi connectivity index (χ1v) is 14.9. The first-order valence-electron chi connectivity index (χ1n) is 13.4. The minimum atomic E-state index is -0.996. The highest BCUT2D eigenvalue weighted by molar-refractivity contribution is 7.85. The SMILES string of the molecule is COC(=O)c1cnc(N(Cc2ccccc2)Cc2ccccc2)c2[nH]c(-c3ccccc3C3(S(C)=O)CC3)cc12. The van der Waals surface area contributed by atoms with Crippen LogP contribution in [-0.2, 0) is 33.4 Å². The van der Waals surface area contributed by atoms with Crippen molar-refractivity contribution in [2.75, 3.05) is 18.3 Å². The van der Waals surface area contributed by atoms with E-state index < -0.39 is 16.8 Å². The molecule has 0 saturated heterocycles. The molecule has 1 saturated carbocycles. The third-order valence-corrected chi connectivity index (χ3v) is 9.48. The number of nitrogens with zero attached hydrogens (tertiary/aromatic N) is 2. The second kappa shape index (κ2) is 10.7. The number of fused-ring (bicyclic) bond motifs is 1. The monoisotopic (exact) mass is 549 g/mol. The number of hydrogen-bond donors (Lipinski definition) is 1. The number of esters is 1. The second-order valence-corrected chi connectivity index (χ2v) is 12.0. The average molecular weight is 550 g/mol. The molecule has 2 aromatic heterocycles. The lowest BCUT2D eigenvalue weighted by Gasteiger charge is -2.25. The molecule has 7 heteroatoms. The molecular weight excluding hydrogens is 518 g/mol. The molecule has 5 aromatic rings. The number of carbonyl (C=O) groups excluding carboxylic acids is 1. The van der Waals surface area contributed by atoms with Crippen LogP contribution in [0.5, 0.6) is 0 Å². The van der Waals surface area contributed by atoms with Gasteiger partial charge in [0.25, 0.3) is 0 Å². The van der Waals surface area contributed by atoms with E-state index in [1.54, 1.807) is 12.5 Å². The summed E-state index contributed by atoms with van der Waals surface area (Å²) in [5.74, 6) is 0.313. The largest absolute Gasteiger partial charge is 0.465 e. The molecular formula is C33H31N3O3S. The van der Waals surface area contributed by atoms with Gasteiger partial charge in [-0.2, -0.15) is 0 Å². The summed E-state index contributed by atoms with van der Waals surface area (Å²) in [7, 11) is 0.388. The highest BCUT2D eigenvalue weighted by Crippen LogP contribution is 2.53. The van der Waals surface area contributed by atoms with Crippen LogP contribution in [0.3, 0.4) is 0 Å². The maximum atomic E-state index is 12.8. The quantitative estimate of drug-likeness (QED) is 0.210. The molecule has 1 N–H and O–H groups in total. The average Bonchev–Trinajstić information content (AvgIpc) is 3.69. The number of benzene rings is 3. The summed E-state index contributed by atoms with van der Waals surface area (Å²) in [6.07, 6.45) is 5.20. The number of methoxy groups -OCH3 is 1. The van der Waals surface area contributed by atoms with Gasteiger partial charge in [0, 0.05) is 53.0 Å². The van der Waals surface area contributed by atoms with Crippen LogP contribution in [0.2, 0.25) is 0 Å². The summed E-state index contributed by atoms with van der Waals surface area (Å²) in [6.45, 7) is 1.27. The van der Waals surface area contributed by atoms with Crippen LogP contribution in [0.25, 0.3) is 22.2 Å². The molecule has 2 heterocycles. The van der Waals surface area contributed by atoms with Crippen LogP contribution >= 0.6 is 0 Å². The van der Waals surface area contributed by atoms with Crippen molar-refractivity contribution in [2.45, 2.75) is 30.7 Å².